The van der Waals surface area contributed by atoms with E-state index in [2.05, 4.69) is 15.9 Å². The second-order valence-electron chi connectivity index (χ2n) is 6.72. The van der Waals surface area contributed by atoms with E-state index in [1.54, 1.807) is 4.68 Å². The monoisotopic (exact) mass is 362 g/mol. The number of nitrogens with zero attached hydrogens (tertiary/aromatic N) is 3. The number of aromatic nitrogens is 2. The number of carbonyl (C=O) groups excluding carboxylic acids is 2. The van der Waals surface area contributed by atoms with Crippen molar-refractivity contribution in [2.75, 3.05) is 20.3 Å². The van der Waals surface area contributed by atoms with Crippen molar-refractivity contribution in [1.82, 2.24) is 9.78 Å². The number of hydrogen-bond donors (Lipinski definition) is 1. The smallest absolute Gasteiger partial charge is 0.311 e. The van der Waals surface area contributed by atoms with Gasteiger partial charge in [0, 0.05) is 19.0 Å². The van der Waals surface area contributed by atoms with E-state index in [4.69, 9.17) is 15.2 Å². The Kier molecular flexibility index (Phi) is 4.98. The summed E-state index contributed by atoms with van der Waals surface area (Å²) in [6, 6.07) is 2.22. The molecule has 9 heteroatoms. The van der Waals surface area contributed by atoms with Crippen molar-refractivity contribution >= 4 is 11.9 Å². The molecule has 1 aliphatic carbocycles. The summed E-state index contributed by atoms with van der Waals surface area (Å²) in [5, 5.41) is 13.8. The van der Waals surface area contributed by atoms with Crippen LogP contribution in [0.15, 0.2) is 6.20 Å². The highest BCUT2D eigenvalue weighted by Crippen LogP contribution is 2.45. The van der Waals surface area contributed by atoms with Gasteiger partial charge < -0.3 is 19.9 Å². The zero-order chi connectivity index (χ0) is 18.8. The Morgan fingerprint density at radius 3 is 2.54 bits per heavy atom. The Morgan fingerprint density at radius 2 is 2.00 bits per heavy atom. The van der Waals surface area contributed by atoms with E-state index >= 15 is 0 Å². The first-order valence-electron chi connectivity index (χ1n) is 8.54. The van der Waals surface area contributed by atoms with E-state index in [0.717, 1.165) is 0 Å². The van der Waals surface area contributed by atoms with Gasteiger partial charge in [-0.1, -0.05) is 0 Å². The lowest BCUT2D eigenvalue weighted by molar-refractivity contribution is -0.190. The van der Waals surface area contributed by atoms with E-state index in [9.17, 15) is 14.9 Å². The van der Waals surface area contributed by atoms with Gasteiger partial charge in [0.1, 0.15) is 0 Å². The van der Waals surface area contributed by atoms with Crippen LogP contribution in [0.1, 0.15) is 48.2 Å². The summed E-state index contributed by atoms with van der Waals surface area (Å²) >= 11 is 0. The third-order valence-corrected chi connectivity index (χ3v) is 5.25. The summed E-state index contributed by atoms with van der Waals surface area (Å²) in [7, 11) is 1.27. The zero-order valence-corrected chi connectivity index (χ0v) is 14.7. The lowest BCUT2D eigenvalue weighted by Gasteiger charge is -2.42. The molecule has 1 amide bonds. The molecule has 1 spiro atoms. The molecule has 1 aromatic rings. The number of methoxy groups -OCH3 is 1. The summed E-state index contributed by atoms with van der Waals surface area (Å²) in [6.07, 6.45) is 4.09. The second kappa shape index (κ2) is 7.05. The molecule has 1 saturated heterocycles. The predicted molar refractivity (Wildman–Crippen MR) is 87.8 cm³/mol. The molecule has 9 nitrogen and oxygen atoms in total. The van der Waals surface area contributed by atoms with E-state index in [1.807, 2.05) is 0 Å². The van der Waals surface area contributed by atoms with Crippen molar-refractivity contribution in [2.45, 2.75) is 49.9 Å². The summed E-state index contributed by atoms with van der Waals surface area (Å²) < 4.78 is 17.8. The van der Waals surface area contributed by atoms with Crippen molar-refractivity contribution < 1.29 is 23.8 Å². The molecular weight excluding hydrogens is 340 g/mol. The summed E-state index contributed by atoms with van der Waals surface area (Å²) in [6.45, 7) is 1.14. The van der Waals surface area contributed by atoms with Gasteiger partial charge in [-0.3, -0.25) is 14.3 Å². The fourth-order valence-corrected chi connectivity index (χ4v) is 3.71. The predicted octanol–water partition coefficient (Wildman–Crippen LogP) is 0.624. The van der Waals surface area contributed by atoms with Crippen molar-refractivity contribution in [1.29, 1.82) is 5.26 Å². The molecule has 2 aliphatic rings. The van der Waals surface area contributed by atoms with Crippen molar-refractivity contribution in [3.63, 3.8) is 0 Å². The van der Waals surface area contributed by atoms with Gasteiger partial charge in [-0.15, -0.1) is 0 Å². The summed E-state index contributed by atoms with van der Waals surface area (Å²) in [5.74, 6) is -1.76. The van der Waals surface area contributed by atoms with E-state index < -0.39 is 23.2 Å². The van der Waals surface area contributed by atoms with Crippen LogP contribution in [0.25, 0.3) is 0 Å². The van der Waals surface area contributed by atoms with Crippen LogP contribution in [0.5, 0.6) is 0 Å². The van der Waals surface area contributed by atoms with Crippen LogP contribution < -0.4 is 5.73 Å². The molecule has 0 bridgehead atoms. The van der Waals surface area contributed by atoms with Gasteiger partial charge in [0.25, 0.3) is 5.91 Å². The molecule has 140 valence electrons. The molecular formula is C17H22N4O5. The molecule has 2 N–H and O–H groups in total. The number of nitriles is 1. The minimum atomic E-state index is -0.669. The van der Waals surface area contributed by atoms with Crippen molar-refractivity contribution in [3.05, 3.63) is 17.5 Å². The lowest BCUT2D eigenvalue weighted by atomic mass is 9.77. The molecule has 0 unspecified atom stereocenters. The molecule has 1 aromatic heterocycles. The lowest BCUT2D eigenvalue weighted by Crippen LogP contribution is -2.45. The second-order valence-corrected chi connectivity index (χ2v) is 6.72. The number of amides is 1. The highest BCUT2D eigenvalue weighted by Gasteiger charge is 2.48. The van der Waals surface area contributed by atoms with Gasteiger partial charge in [0.15, 0.2) is 5.79 Å². The largest absolute Gasteiger partial charge is 0.469 e. The number of nitrogens with two attached hydrogens (primary N) is 1. The van der Waals surface area contributed by atoms with Crippen molar-refractivity contribution in [2.24, 2.45) is 5.73 Å². The first-order valence-corrected chi connectivity index (χ1v) is 8.54. The highest BCUT2D eigenvalue weighted by molar-refractivity contribution is 5.94. The fourth-order valence-electron chi connectivity index (χ4n) is 3.71. The maximum absolute atomic E-state index is 11.8. The van der Waals surface area contributed by atoms with Gasteiger partial charge in [-0.05, 0) is 12.8 Å². The summed E-state index contributed by atoms with van der Waals surface area (Å²) in [4.78, 5) is 23.4. The molecule has 2 heterocycles. The fraction of sp³-hybridized carbons (Fsp3) is 0.647. The number of carbonyl (C=O) groups is 2. The number of ether oxygens (including phenoxy) is 3. The molecule has 1 saturated carbocycles. The quantitative estimate of drug-likeness (QED) is 0.760. The van der Waals surface area contributed by atoms with Crippen LogP contribution in [0.3, 0.4) is 0 Å². The van der Waals surface area contributed by atoms with Crippen molar-refractivity contribution in [3.8, 4) is 6.07 Å². The van der Waals surface area contributed by atoms with E-state index in [1.165, 1.54) is 13.3 Å². The van der Waals surface area contributed by atoms with Gasteiger partial charge in [0.05, 0.1) is 56.0 Å². The Labute approximate surface area is 151 Å². The van der Waals surface area contributed by atoms with Gasteiger partial charge in [-0.2, -0.15) is 10.4 Å². The Balaban J connectivity index is 1.91. The number of hydrogen-bond acceptors (Lipinski definition) is 7. The molecule has 3 rings (SSSR count). The number of rotatable bonds is 5. The standard InChI is InChI=1S/C17H22N4O5/c1-24-14(22)10-13-12(15(19)23)11-21(20-13)16(6-7-18)2-4-17(5-3-16)25-8-9-26-17/h11H,2-6,8-10H2,1H3,(H2,19,23). The number of esters is 1. The first kappa shape index (κ1) is 18.4. The Hall–Kier alpha value is -2.44. The van der Waals surface area contributed by atoms with Crippen LogP contribution >= 0.6 is 0 Å². The number of primary amides is 1. The third kappa shape index (κ3) is 3.30. The normalized spacial score (nSPS) is 20.6. The van der Waals surface area contributed by atoms with Crippen LogP contribution in [0.2, 0.25) is 0 Å². The van der Waals surface area contributed by atoms with Crippen LogP contribution in [0.4, 0.5) is 0 Å². The Morgan fingerprint density at radius 1 is 1.35 bits per heavy atom. The molecule has 2 fully saturated rings. The minimum Gasteiger partial charge on any atom is -0.469 e. The van der Waals surface area contributed by atoms with E-state index in [-0.39, 0.29) is 24.1 Å². The molecule has 1 aliphatic heterocycles. The average molecular weight is 362 g/mol. The molecule has 0 aromatic carbocycles. The maximum atomic E-state index is 11.8. The third-order valence-electron chi connectivity index (χ3n) is 5.25. The van der Waals surface area contributed by atoms with E-state index in [0.29, 0.717) is 38.9 Å². The minimum absolute atomic E-state index is 0.152. The van der Waals surface area contributed by atoms with Gasteiger partial charge in [0.2, 0.25) is 0 Å². The van der Waals surface area contributed by atoms with Crippen LogP contribution in [-0.4, -0.2) is 47.8 Å². The van der Waals surface area contributed by atoms with Crippen LogP contribution in [-0.2, 0) is 31.0 Å². The molecule has 0 atom stereocenters. The summed E-state index contributed by atoms with van der Waals surface area (Å²) in [5.41, 5.74) is 5.27. The van der Waals surface area contributed by atoms with Crippen LogP contribution in [0, 0.1) is 11.3 Å². The highest BCUT2D eigenvalue weighted by atomic mass is 16.7. The molecule has 0 radical (unpaired) electrons. The van der Waals surface area contributed by atoms with Gasteiger partial charge >= 0.3 is 5.97 Å². The SMILES string of the molecule is COC(=O)Cc1nn(C2(CC#N)CCC3(CC2)OCCO3)cc1C(N)=O. The van der Waals surface area contributed by atoms with Gasteiger partial charge in [-0.25, -0.2) is 0 Å². The topological polar surface area (TPSA) is 129 Å². The maximum Gasteiger partial charge on any atom is 0.311 e. The Bertz CT molecular complexity index is 735. The first-order chi connectivity index (χ1) is 12.4. The molecule has 26 heavy (non-hydrogen) atoms. The average Bonchev–Trinajstić information content (AvgIpc) is 3.25. The zero-order valence-electron chi connectivity index (χ0n) is 14.7.